The van der Waals surface area contributed by atoms with Crippen molar-refractivity contribution in [3.8, 4) is 11.5 Å². The van der Waals surface area contributed by atoms with Gasteiger partial charge in [0, 0.05) is 36.3 Å². The molecule has 29 heavy (non-hydrogen) atoms. The van der Waals surface area contributed by atoms with Crippen LogP contribution in [0.2, 0.25) is 0 Å². The molecule has 1 atom stereocenters. The van der Waals surface area contributed by atoms with E-state index in [4.69, 9.17) is 4.52 Å². The number of likely N-dealkylation sites (tertiary alicyclic amines) is 1. The first-order valence-corrected chi connectivity index (χ1v) is 9.83. The quantitative estimate of drug-likeness (QED) is 0.672. The predicted octanol–water partition coefficient (Wildman–Crippen LogP) is 3.59. The number of carbonyl (C=O) groups excluding carboxylic acids is 1. The Bertz CT molecular complexity index is 1030. The first-order chi connectivity index (χ1) is 13.9. The molecule has 1 aliphatic rings. The lowest BCUT2D eigenvalue weighted by molar-refractivity contribution is 0.0641. The summed E-state index contributed by atoms with van der Waals surface area (Å²) in [4.78, 5) is 19.5. The van der Waals surface area contributed by atoms with Gasteiger partial charge in [0.15, 0.2) is 5.82 Å². The molecule has 1 unspecified atom stereocenters. The van der Waals surface area contributed by atoms with Crippen LogP contribution in [-0.4, -0.2) is 43.8 Å². The minimum absolute atomic E-state index is 0.0182. The highest BCUT2D eigenvalue weighted by Gasteiger charge is 2.39. The standard InChI is InChI=1S/C21H24FN5O2/c1-4-27-14(2)17(12-23-27)19(28)26-11-5-10-21(3,13-26)20-24-18(29-25-20)15-6-8-16(22)9-7-15/h6-9,12H,4-5,10-11,13H2,1-3H3. The summed E-state index contributed by atoms with van der Waals surface area (Å²) < 4.78 is 20.4. The highest BCUT2D eigenvalue weighted by Crippen LogP contribution is 2.34. The molecular weight excluding hydrogens is 373 g/mol. The summed E-state index contributed by atoms with van der Waals surface area (Å²) in [7, 11) is 0. The van der Waals surface area contributed by atoms with E-state index in [0.717, 1.165) is 25.1 Å². The molecule has 3 aromatic rings. The highest BCUT2D eigenvalue weighted by molar-refractivity contribution is 5.95. The molecule has 7 nitrogen and oxygen atoms in total. The zero-order valence-electron chi connectivity index (χ0n) is 16.9. The first-order valence-electron chi connectivity index (χ1n) is 9.83. The lowest BCUT2D eigenvalue weighted by Crippen LogP contribution is -2.47. The molecule has 1 aromatic carbocycles. The minimum Gasteiger partial charge on any atom is -0.338 e. The molecule has 1 fully saturated rings. The maximum absolute atomic E-state index is 13.2. The number of rotatable bonds is 4. The molecule has 0 aliphatic carbocycles. The summed E-state index contributed by atoms with van der Waals surface area (Å²) in [6.45, 7) is 7.89. The molecule has 0 N–H and O–H groups in total. The van der Waals surface area contributed by atoms with Crippen molar-refractivity contribution in [1.82, 2.24) is 24.8 Å². The number of amides is 1. The Morgan fingerprint density at radius 2 is 2.07 bits per heavy atom. The second kappa shape index (κ2) is 7.42. The van der Waals surface area contributed by atoms with Crippen molar-refractivity contribution in [3.05, 3.63) is 53.4 Å². The van der Waals surface area contributed by atoms with Gasteiger partial charge in [-0.3, -0.25) is 9.48 Å². The average Bonchev–Trinajstić information content (AvgIpc) is 3.35. The van der Waals surface area contributed by atoms with E-state index in [0.29, 0.717) is 35.9 Å². The smallest absolute Gasteiger partial charge is 0.257 e. The number of nitrogens with zero attached hydrogens (tertiary/aromatic N) is 5. The third-order valence-electron chi connectivity index (χ3n) is 5.67. The van der Waals surface area contributed by atoms with E-state index in [1.165, 1.54) is 12.1 Å². The Morgan fingerprint density at radius 3 is 2.76 bits per heavy atom. The summed E-state index contributed by atoms with van der Waals surface area (Å²) in [5.74, 6) is 0.582. The number of aromatic nitrogens is 4. The minimum atomic E-state index is -0.412. The Morgan fingerprint density at radius 1 is 1.31 bits per heavy atom. The fourth-order valence-corrected chi connectivity index (χ4v) is 3.92. The van der Waals surface area contributed by atoms with Gasteiger partial charge in [-0.2, -0.15) is 10.1 Å². The molecule has 152 valence electrons. The zero-order chi connectivity index (χ0) is 20.6. The van der Waals surface area contributed by atoms with Crippen LogP contribution in [0.5, 0.6) is 0 Å². The van der Waals surface area contributed by atoms with Crippen LogP contribution in [-0.2, 0) is 12.0 Å². The largest absolute Gasteiger partial charge is 0.338 e. The van der Waals surface area contributed by atoms with E-state index in [9.17, 15) is 9.18 Å². The van der Waals surface area contributed by atoms with Gasteiger partial charge in [-0.25, -0.2) is 4.39 Å². The summed E-state index contributed by atoms with van der Waals surface area (Å²) in [5.41, 5.74) is 1.77. The SMILES string of the molecule is CCn1ncc(C(=O)N2CCCC(C)(c3noc(-c4ccc(F)cc4)n3)C2)c1C. The van der Waals surface area contributed by atoms with Crippen molar-refractivity contribution in [1.29, 1.82) is 0 Å². The van der Waals surface area contributed by atoms with Crippen molar-refractivity contribution in [2.24, 2.45) is 0 Å². The molecule has 2 aromatic heterocycles. The van der Waals surface area contributed by atoms with E-state index in [2.05, 4.69) is 15.2 Å². The van der Waals surface area contributed by atoms with Crippen LogP contribution in [0.1, 0.15) is 48.6 Å². The number of halogens is 1. The maximum Gasteiger partial charge on any atom is 0.257 e. The summed E-state index contributed by atoms with van der Waals surface area (Å²) in [5, 5.41) is 8.47. The summed E-state index contributed by atoms with van der Waals surface area (Å²) in [6.07, 6.45) is 3.35. The van der Waals surface area contributed by atoms with Crippen molar-refractivity contribution >= 4 is 5.91 Å². The summed E-state index contributed by atoms with van der Waals surface area (Å²) in [6, 6.07) is 5.95. The van der Waals surface area contributed by atoms with Gasteiger partial charge in [0.25, 0.3) is 11.8 Å². The second-order valence-electron chi connectivity index (χ2n) is 7.78. The van der Waals surface area contributed by atoms with Gasteiger partial charge in [0.2, 0.25) is 0 Å². The van der Waals surface area contributed by atoms with E-state index in [1.807, 2.05) is 30.4 Å². The highest BCUT2D eigenvalue weighted by atomic mass is 19.1. The van der Waals surface area contributed by atoms with E-state index < -0.39 is 5.41 Å². The van der Waals surface area contributed by atoms with Crippen LogP contribution >= 0.6 is 0 Å². The number of benzene rings is 1. The number of piperidine rings is 1. The molecule has 0 radical (unpaired) electrons. The van der Waals surface area contributed by atoms with Crippen LogP contribution in [0.4, 0.5) is 4.39 Å². The molecule has 4 rings (SSSR count). The number of aryl methyl sites for hydroxylation is 1. The van der Waals surface area contributed by atoms with Gasteiger partial charge in [-0.1, -0.05) is 12.1 Å². The molecule has 0 spiro atoms. The zero-order valence-corrected chi connectivity index (χ0v) is 16.9. The molecule has 0 bridgehead atoms. The van der Waals surface area contributed by atoms with E-state index >= 15 is 0 Å². The van der Waals surface area contributed by atoms with Gasteiger partial charge in [0.05, 0.1) is 11.8 Å². The van der Waals surface area contributed by atoms with Crippen molar-refractivity contribution in [2.45, 2.75) is 45.6 Å². The van der Waals surface area contributed by atoms with Gasteiger partial charge in [0.1, 0.15) is 5.82 Å². The topological polar surface area (TPSA) is 77.0 Å². The number of carbonyl (C=O) groups is 1. The lowest BCUT2D eigenvalue weighted by Gasteiger charge is -2.38. The van der Waals surface area contributed by atoms with Crippen molar-refractivity contribution in [2.75, 3.05) is 13.1 Å². The van der Waals surface area contributed by atoms with Crippen LogP contribution < -0.4 is 0 Å². The summed E-state index contributed by atoms with van der Waals surface area (Å²) >= 11 is 0. The lowest BCUT2D eigenvalue weighted by atomic mass is 9.81. The van der Waals surface area contributed by atoms with Crippen LogP contribution in [0.3, 0.4) is 0 Å². The second-order valence-corrected chi connectivity index (χ2v) is 7.78. The molecule has 1 amide bonds. The molecule has 1 saturated heterocycles. The van der Waals surface area contributed by atoms with E-state index in [-0.39, 0.29) is 11.7 Å². The van der Waals surface area contributed by atoms with Crippen molar-refractivity contribution in [3.63, 3.8) is 0 Å². The predicted molar refractivity (Wildman–Crippen MR) is 105 cm³/mol. The Labute approximate surface area is 168 Å². The van der Waals surface area contributed by atoms with Crippen molar-refractivity contribution < 1.29 is 13.7 Å². The molecule has 1 aliphatic heterocycles. The monoisotopic (exact) mass is 397 g/mol. The van der Waals surface area contributed by atoms with Crippen LogP contribution in [0.15, 0.2) is 35.0 Å². The first kappa shape index (κ1) is 19.3. The maximum atomic E-state index is 13.2. The number of hydrogen-bond donors (Lipinski definition) is 0. The molecule has 0 saturated carbocycles. The fourth-order valence-electron chi connectivity index (χ4n) is 3.92. The third-order valence-corrected chi connectivity index (χ3v) is 5.67. The Hall–Kier alpha value is -3.03. The number of hydrogen-bond acceptors (Lipinski definition) is 5. The average molecular weight is 397 g/mol. The molecule has 3 heterocycles. The van der Waals surface area contributed by atoms with Gasteiger partial charge < -0.3 is 9.42 Å². The molecule has 8 heteroatoms. The van der Waals surface area contributed by atoms with Gasteiger partial charge in [-0.05, 0) is 51.0 Å². The van der Waals surface area contributed by atoms with Gasteiger partial charge in [-0.15, -0.1) is 0 Å². The third kappa shape index (κ3) is 3.54. The normalized spacial score (nSPS) is 19.5. The van der Waals surface area contributed by atoms with E-state index in [1.54, 1.807) is 18.3 Å². The Balaban J connectivity index is 1.56. The van der Waals surface area contributed by atoms with Gasteiger partial charge >= 0.3 is 0 Å². The van der Waals surface area contributed by atoms with Crippen LogP contribution in [0, 0.1) is 12.7 Å². The van der Waals surface area contributed by atoms with Crippen LogP contribution in [0.25, 0.3) is 11.5 Å². The molecular formula is C21H24FN5O2. The Kier molecular flexibility index (Phi) is 4.94. The fraction of sp³-hybridized carbons (Fsp3) is 0.429.